The first-order chi connectivity index (χ1) is 10.7. The van der Waals surface area contributed by atoms with Crippen LogP contribution in [0.2, 0.25) is 0 Å². The molecule has 0 aromatic heterocycles. The molecule has 0 atom stereocenters. The van der Waals surface area contributed by atoms with E-state index in [0.29, 0.717) is 36.7 Å². The third-order valence-electron chi connectivity index (χ3n) is 3.77. The molecule has 2 amide bonds. The lowest BCUT2D eigenvalue weighted by molar-refractivity contribution is -0.115. The van der Waals surface area contributed by atoms with Crippen LogP contribution in [-0.2, 0) is 4.79 Å². The van der Waals surface area contributed by atoms with Crippen LogP contribution in [0.15, 0.2) is 24.3 Å². The van der Waals surface area contributed by atoms with E-state index in [0.717, 1.165) is 19.3 Å². The Morgan fingerprint density at radius 2 is 2.09 bits per heavy atom. The van der Waals surface area contributed by atoms with Crippen molar-refractivity contribution in [2.75, 3.05) is 18.5 Å². The zero-order valence-electron chi connectivity index (χ0n) is 13.0. The number of carbonyl (C=O) groups excluding carboxylic acids is 2. The van der Waals surface area contributed by atoms with Crippen molar-refractivity contribution in [3.63, 3.8) is 0 Å². The Hall–Kier alpha value is -1.88. The highest BCUT2D eigenvalue weighted by Crippen LogP contribution is 2.29. The maximum absolute atomic E-state index is 12.7. The van der Waals surface area contributed by atoms with Crippen molar-refractivity contribution < 1.29 is 14.7 Å². The maximum Gasteiger partial charge on any atom is 0.254 e. The number of aliphatic hydroxyl groups is 1. The molecule has 1 fully saturated rings. The van der Waals surface area contributed by atoms with Crippen LogP contribution in [0, 0.1) is 0 Å². The van der Waals surface area contributed by atoms with Gasteiger partial charge in [-0.3, -0.25) is 9.59 Å². The van der Waals surface area contributed by atoms with Crippen LogP contribution in [0.3, 0.4) is 0 Å². The highest BCUT2D eigenvalue weighted by Gasteiger charge is 2.32. The lowest BCUT2D eigenvalue weighted by Gasteiger charge is -2.22. The second-order valence-electron chi connectivity index (χ2n) is 5.64. The molecule has 22 heavy (non-hydrogen) atoms. The molecule has 1 saturated carbocycles. The van der Waals surface area contributed by atoms with E-state index in [1.165, 1.54) is 0 Å². The summed E-state index contributed by atoms with van der Waals surface area (Å²) < 4.78 is 0. The molecule has 2 rings (SSSR count). The summed E-state index contributed by atoms with van der Waals surface area (Å²) in [6, 6.07) is 7.43. The molecule has 5 heteroatoms. The summed E-state index contributed by atoms with van der Waals surface area (Å²) in [6.45, 7) is 2.63. The monoisotopic (exact) mass is 304 g/mol. The molecule has 0 saturated heterocycles. The predicted molar refractivity (Wildman–Crippen MR) is 85.7 cm³/mol. The van der Waals surface area contributed by atoms with E-state index in [4.69, 9.17) is 5.11 Å². The Bertz CT molecular complexity index is 526. The molecular weight excluding hydrogens is 280 g/mol. The number of hydrogen-bond donors (Lipinski definition) is 2. The Balaban J connectivity index is 2.06. The van der Waals surface area contributed by atoms with Crippen molar-refractivity contribution in [2.24, 2.45) is 0 Å². The number of benzene rings is 1. The van der Waals surface area contributed by atoms with Crippen LogP contribution in [0.4, 0.5) is 5.69 Å². The van der Waals surface area contributed by atoms with E-state index in [-0.39, 0.29) is 18.4 Å². The van der Waals surface area contributed by atoms with Gasteiger partial charge in [0.1, 0.15) is 0 Å². The summed E-state index contributed by atoms with van der Waals surface area (Å²) in [6.07, 6.45) is 4.04. The average Bonchev–Trinajstić information content (AvgIpc) is 3.36. The van der Waals surface area contributed by atoms with Gasteiger partial charge in [0.2, 0.25) is 5.91 Å². The Morgan fingerprint density at radius 3 is 2.73 bits per heavy atom. The van der Waals surface area contributed by atoms with Crippen molar-refractivity contribution >= 4 is 17.5 Å². The first-order valence-electron chi connectivity index (χ1n) is 7.97. The van der Waals surface area contributed by atoms with Gasteiger partial charge in [-0.05, 0) is 43.9 Å². The van der Waals surface area contributed by atoms with Crippen molar-refractivity contribution in [2.45, 2.75) is 45.1 Å². The fourth-order valence-electron chi connectivity index (χ4n) is 2.38. The van der Waals surface area contributed by atoms with Crippen LogP contribution in [0.5, 0.6) is 0 Å². The van der Waals surface area contributed by atoms with Gasteiger partial charge in [-0.2, -0.15) is 0 Å². The topological polar surface area (TPSA) is 69.6 Å². The van der Waals surface area contributed by atoms with Gasteiger partial charge in [0.05, 0.1) is 0 Å². The smallest absolute Gasteiger partial charge is 0.254 e. The fraction of sp³-hybridized carbons (Fsp3) is 0.529. The summed E-state index contributed by atoms with van der Waals surface area (Å²) in [4.78, 5) is 26.0. The predicted octanol–water partition coefficient (Wildman–Crippen LogP) is 2.41. The number of nitrogens with one attached hydrogen (secondary N) is 1. The van der Waals surface area contributed by atoms with Gasteiger partial charge < -0.3 is 15.3 Å². The van der Waals surface area contributed by atoms with Crippen LogP contribution in [-0.4, -0.2) is 41.0 Å². The number of unbranched alkanes of at least 4 members (excludes halogenated alkanes) is 1. The first-order valence-corrected chi connectivity index (χ1v) is 7.97. The number of amides is 2. The van der Waals surface area contributed by atoms with Crippen molar-refractivity contribution in [3.05, 3.63) is 29.8 Å². The molecule has 1 aromatic rings. The number of nitrogens with zero attached hydrogens (tertiary/aromatic N) is 1. The lowest BCUT2D eigenvalue weighted by atomic mass is 10.1. The number of aliphatic hydroxyl groups excluding tert-OH is 1. The number of hydrogen-bond acceptors (Lipinski definition) is 3. The van der Waals surface area contributed by atoms with Crippen LogP contribution in [0.25, 0.3) is 0 Å². The highest BCUT2D eigenvalue weighted by molar-refractivity contribution is 5.97. The normalized spacial score (nSPS) is 13.7. The molecule has 1 aromatic carbocycles. The van der Waals surface area contributed by atoms with Crippen molar-refractivity contribution in [1.29, 1.82) is 0 Å². The highest BCUT2D eigenvalue weighted by atomic mass is 16.3. The van der Waals surface area contributed by atoms with E-state index in [1.54, 1.807) is 31.2 Å². The van der Waals surface area contributed by atoms with Gasteiger partial charge in [0.25, 0.3) is 5.91 Å². The lowest BCUT2D eigenvalue weighted by Crippen LogP contribution is -2.34. The minimum Gasteiger partial charge on any atom is -0.396 e. The van der Waals surface area contributed by atoms with Gasteiger partial charge in [-0.25, -0.2) is 0 Å². The molecule has 1 aliphatic carbocycles. The molecule has 120 valence electrons. The van der Waals surface area contributed by atoms with Crippen molar-refractivity contribution in [1.82, 2.24) is 4.90 Å². The standard InChI is InChI=1S/C17H24N2O3/c1-2-16(21)18-14-7-5-6-13(12-14)17(22)19(15-8-9-15)10-3-4-11-20/h5-7,12,15,20H,2-4,8-11H2,1H3,(H,18,21). The van der Waals surface area contributed by atoms with Gasteiger partial charge in [-0.1, -0.05) is 13.0 Å². The Kier molecular flexibility index (Phi) is 5.95. The van der Waals surface area contributed by atoms with Crippen LogP contribution < -0.4 is 5.32 Å². The molecular formula is C17H24N2O3. The summed E-state index contributed by atoms with van der Waals surface area (Å²) in [5, 5.41) is 11.7. The molecule has 5 nitrogen and oxygen atoms in total. The largest absolute Gasteiger partial charge is 0.396 e. The van der Waals surface area contributed by atoms with Gasteiger partial charge in [0.15, 0.2) is 0 Å². The van der Waals surface area contributed by atoms with E-state index in [1.807, 2.05) is 4.90 Å². The van der Waals surface area contributed by atoms with Crippen LogP contribution >= 0.6 is 0 Å². The minimum atomic E-state index is -0.0633. The number of anilines is 1. The molecule has 2 N–H and O–H groups in total. The third kappa shape index (κ3) is 4.56. The van der Waals surface area contributed by atoms with Gasteiger partial charge in [-0.15, -0.1) is 0 Å². The van der Waals surface area contributed by atoms with Gasteiger partial charge >= 0.3 is 0 Å². The maximum atomic E-state index is 12.7. The quantitative estimate of drug-likeness (QED) is 0.725. The van der Waals surface area contributed by atoms with Crippen LogP contribution in [0.1, 0.15) is 49.4 Å². The third-order valence-corrected chi connectivity index (χ3v) is 3.77. The summed E-state index contributed by atoms with van der Waals surface area (Å²) in [5.74, 6) is -0.0559. The SMILES string of the molecule is CCC(=O)Nc1cccc(C(=O)N(CCCCO)C2CC2)c1. The van der Waals surface area contributed by atoms with Gasteiger partial charge in [0, 0.05) is 36.9 Å². The fourth-order valence-corrected chi connectivity index (χ4v) is 2.38. The molecule has 0 aliphatic heterocycles. The average molecular weight is 304 g/mol. The number of rotatable bonds is 8. The summed E-state index contributed by atoms with van der Waals surface area (Å²) in [7, 11) is 0. The Labute approximate surface area is 131 Å². The molecule has 0 unspecified atom stereocenters. The molecule has 0 radical (unpaired) electrons. The van der Waals surface area contributed by atoms with E-state index in [2.05, 4.69) is 5.32 Å². The molecule has 0 bridgehead atoms. The van der Waals surface area contributed by atoms with Crippen molar-refractivity contribution in [3.8, 4) is 0 Å². The molecule has 1 aliphatic rings. The summed E-state index contributed by atoms with van der Waals surface area (Å²) in [5.41, 5.74) is 1.26. The molecule has 0 spiro atoms. The second kappa shape index (κ2) is 7.94. The summed E-state index contributed by atoms with van der Waals surface area (Å²) >= 11 is 0. The number of carbonyl (C=O) groups is 2. The second-order valence-corrected chi connectivity index (χ2v) is 5.64. The molecule has 0 heterocycles. The zero-order valence-corrected chi connectivity index (χ0v) is 13.0. The van der Waals surface area contributed by atoms with E-state index < -0.39 is 0 Å². The first kappa shape index (κ1) is 16.5. The zero-order chi connectivity index (χ0) is 15.9. The van der Waals surface area contributed by atoms with E-state index in [9.17, 15) is 9.59 Å². The Morgan fingerprint density at radius 1 is 1.32 bits per heavy atom. The minimum absolute atomic E-state index is 0.00744. The van der Waals surface area contributed by atoms with E-state index >= 15 is 0 Å².